The molecule has 0 radical (unpaired) electrons. The first-order valence-electron chi connectivity index (χ1n) is 15.0. The number of pyridine rings is 5. The zero-order chi connectivity index (χ0) is 31.0. The van der Waals surface area contributed by atoms with E-state index in [1.165, 1.54) is 0 Å². The van der Waals surface area contributed by atoms with Gasteiger partial charge in [-0.3, -0.25) is 24.9 Å². The highest BCUT2D eigenvalue weighted by Crippen LogP contribution is 2.31. The molecule has 0 aliphatic carbocycles. The molecule has 218 valence electrons. The number of hydrogen-bond donors (Lipinski definition) is 0. The summed E-state index contributed by atoms with van der Waals surface area (Å²) >= 11 is 0. The topological polar surface area (TPSA) is 64.5 Å². The van der Waals surface area contributed by atoms with Crippen molar-refractivity contribution in [1.29, 1.82) is 0 Å². The van der Waals surface area contributed by atoms with Gasteiger partial charge in [-0.05, 0) is 53.6 Å². The van der Waals surface area contributed by atoms with E-state index in [1.807, 2.05) is 97.7 Å². The molecule has 0 aliphatic rings. The second kappa shape index (κ2) is 13.5. The molecule has 5 heterocycles. The summed E-state index contributed by atoms with van der Waals surface area (Å²) in [6, 6.07) is 36.8. The number of rotatable bonds is 8. The molecule has 0 N–H and O–H groups in total. The van der Waals surface area contributed by atoms with Crippen molar-refractivity contribution in [2.75, 3.05) is 0 Å². The van der Waals surface area contributed by atoms with E-state index < -0.39 is 0 Å². The van der Waals surface area contributed by atoms with E-state index in [0.29, 0.717) is 0 Å². The van der Waals surface area contributed by atoms with Crippen LogP contribution in [0.5, 0.6) is 0 Å². The fourth-order valence-corrected chi connectivity index (χ4v) is 5.24. The number of benzene rings is 2. The van der Waals surface area contributed by atoms with Gasteiger partial charge in [0.15, 0.2) is 0 Å². The highest BCUT2D eigenvalue weighted by molar-refractivity contribution is 5.83. The normalized spacial score (nSPS) is 11.3. The molecule has 0 atom stereocenters. The predicted molar refractivity (Wildman–Crippen MR) is 188 cm³/mol. The van der Waals surface area contributed by atoms with Crippen LogP contribution in [0.2, 0.25) is 0 Å². The van der Waals surface area contributed by atoms with Crippen LogP contribution in [0.25, 0.3) is 69.2 Å². The Morgan fingerprint density at radius 1 is 0.370 bits per heavy atom. The molecule has 0 unspecified atom stereocenters. The van der Waals surface area contributed by atoms with Gasteiger partial charge >= 0.3 is 0 Å². The van der Waals surface area contributed by atoms with Gasteiger partial charge in [0.25, 0.3) is 0 Å². The number of aromatic nitrogens is 5. The van der Waals surface area contributed by atoms with Crippen LogP contribution in [0.4, 0.5) is 0 Å². The molecule has 5 nitrogen and oxygen atoms in total. The number of hydrogen-bond acceptors (Lipinski definition) is 5. The maximum atomic E-state index is 4.91. The van der Waals surface area contributed by atoms with E-state index in [0.717, 1.165) is 67.2 Å². The van der Waals surface area contributed by atoms with Crippen molar-refractivity contribution < 1.29 is 0 Å². The van der Waals surface area contributed by atoms with Gasteiger partial charge in [0.1, 0.15) is 0 Å². The minimum Gasteiger partial charge on any atom is -0.264 e. The lowest BCUT2D eigenvalue weighted by molar-refractivity contribution is 1.24. The molecule has 0 bridgehead atoms. The van der Waals surface area contributed by atoms with Gasteiger partial charge in [-0.1, -0.05) is 91.0 Å². The van der Waals surface area contributed by atoms with Crippen LogP contribution >= 0.6 is 0 Å². The van der Waals surface area contributed by atoms with Crippen LogP contribution in [0.1, 0.15) is 22.3 Å². The Bertz CT molecular complexity index is 2110. The predicted octanol–water partition coefficient (Wildman–Crippen LogP) is 9.67. The van der Waals surface area contributed by atoms with E-state index in [2.05, 4.69) is 76.7 Å². The lowest BCUT2D eigenvalue weighted by Gasteiger charge is -2.11. The fraction of sp³-hybridized carbons (Fsp3) is 0. The van der Waals surface area contributed by atoms with Crippen molar-refractivity contribution in [2.24, 2.45) is 0 Å². The Morgan fingerprint density at radius 3 is 1.43 bits per heavy atom. The molecular weight excluding hydrogens is 562 g/mol. The van der Waals surface area contributed by atoms with Crippen LogP contribution in [0.15, 0.2) is 153 Å². The van der Waals surface area contributed by atoms with Crippen molar-refractivity contribution in [3.8, 4) is 44.9 Å². The maximum Gasteiger partial charge on any atom is 0.0790 e. The van der Waals surface area contributed by atoms with Crippen LogP contribution in [0.3, 0.4) is 0 Å². The first kappa shape index (κ1) is 28.4. The summed E-state index contributed by atoms with van der Waals surface area (Å²) in [7, 11) is 0. The van der Waals surface area contributed by atoms with Crippen molar-refractivity contribution in [3.05, 3.63) is 175 Å². The smallest absolute Gasteiger partial charge is 0.0790 e. The van der Waals surface area contributed by atoms with Gasteiger partial charge in [0, 0.05) is 82.3 Å². The third-order valence-corrected chi connectivity index (χ3v) is 7.61. The zero-order valence-electron chi connectivity index (χ0n) is 25.0. The lowest BCUT2D eigenvalue weighted by atomic mass is 10.00. The second-order valence-electron chi connectivity index (χ2n) is 10.7. The second-order valence-corrected chi connectivity index (χ2v) is 10.7. The Kier molecular flexibility index (Phi) is 8.37. The maximum absolute atomic E-state index is 4.91. The third kappa shape index (κ3) is 6.59. The Labute approximate surface area is 268 Å². The minimum atomic E-state index is 0.830. The molecule has 5 heteroatoms. The highest BCUT2D eigenvalue weighted by atomic mass is 14.7. The van der Waals surface area contributed by atoms with Crippen LogP contribution in [0, 0.1) is 0 Å². The van der Waals surface area contributed by atoms with E-state index in [1.54, 1.807) is 12.4 Å². The molecule has 2 aromatic carbocycles. The van der Waals surface area contributed by atoms with Gasteiger partial charge < -0.3 is 0 Å². The third-order valence-electron chi connectivity index (χ3n) is 7.61. The summed E-state index contributed by atoms with van der Waals surface area (Å²) < 4.78 is 0. The average Bonchev–Trinajstić information content (AvgIpc) is 3.14. The molecule has 5 aromatic heterocycles. The molecule has 7 aromatic rings. The summed E-state index contributed by atoms with van der Waals surface area (Å²) in [6.07, 6.45) is 21.3. The van der Waals surface area contributed by atoms with Crippen molar-refractivity contribution >= 4 is 24.3 Å². The summed E-state index contributed by atoms with van der Waals surface area (Å²) in [5.41, 5.74) is 11.6. The summed E-state index contributed by atoms with van der Waals surface area (Å²) in [5, 5.41) is 0. The quantitative estimate of drug-likeness (QED) is 0.176. The van der Waals surface area contributed by atoms with Crippen molar-refractivity contribution in [1.82, 2.24) is 24.9 Å². The van der Waals surface area contributed by atoms with Crippen LogP contribution in [-0.2, 0) is 0 Å². The van der Waals surface area contributed by atoms with E-state index in [9.17, 15) is 0 Å². The molecule has 0 fully saturated rings. The van der Waals surface area contributed by atoms with Crippen LogP contribution < -0.4 is 0 Å². The monoisotopic (exact) mass is 591 g/mol. The minimum absolute atomic E-state index is 0.830. The number of nitrogens with zero attached hydrogens (tertiary/aromatic N) is 5. The van der Waals surface area contributed by atoms with Gasteiger partial charge in [-0.25, -0.2) is 0 Å². The first-order chi connectivity index (χ1) is 22.8. The SMILES string of the molecule is C(=C\c1cc(-c2cccnc2)cnc1-c1ccc(-c2cnc(-c3cccnc3)c(/C=C/c3ccccc3)c2)nc1)/c1ccccc1. The molecule has 0 amide bonds. The summed E-state index contributed by atoms with van der Waals surface area (Å²) in [6.45, 7) is 0. The van der Waals surface area contributed by atoms with Gasteiger partial charge in [-0.15, -0.1) is 0 Å². The molecule has 0 saturated carbocycles. The first-order valence-corrected chi connectivity index (χ1v) is 15.0. The highest BCUT2D eigenvalue weighted by Gasteiger charge is 2.12. The van der Waals surface area contributed by atoms with Gasteiger partial charge in [-0.2, -0.15) is 0 Å². The largest absolute Gasteiger partial charge is 0.264 e. The molecule has 7 rings (SSSR count). The Hall–Kier alpha value is -6.33. The van der Waals surface area contributed by atoms with Gasteiger partial charge in [0.05, 0.1) is 17.1 Å². The van der Waals surface area contributed by atoms with E-state index >= 15 is 0 Å². The summed E-state index contributed by atoms with van der Waals surface area (Å²) in [5.74, 6) is 0. The molecule has 46 heavy (non-hydrogen) atoms. The molecular formula is C41H29N5. The van der Waals surface area contributed by atoms with Gasteiger partial charge in [0.2, 0.25) is 0 Å². The van der Waals surface area contributed by atoms with Crippen molar-refractivity contribution in [3.63, 3.8) is 0 Å². The molecule has 0 saturated heterocycles. The lowest BCUT2D eigenvalue weighted by Crippen LogP contribution is -1.94. The summed E-state index contributed by atoms with van der Waals surface area (Å²) in [4.78, 5) is 23.2. The zero-order valence-corrected chi connectivity index (χ0v) is 25.0. The molecule has 0 spiro atoms. The Balaban J connectivity index is 1.24. The Morgan fingerprint density at radius 2 is 0.891 bits per heavy atom. The van der Waals surface area contributed by atoms with Crippen LogP contribution in [-0.4, -0.2) is 24.9 Å². The van der Waals surface area contributed by atoms with E-state index in [4.69, 9.17) is 15.0 Å². The average molecular weight is 592 g/mol. The standard InChI is InChI=1S/C41H29N5/c1-3-9-30(10-4-1)15-17-32-23-37(34-13-7-21-42-25-34)28-45-41(32)36-19-20-39(44-27-36)38-24-33(18-16-31-11-5-2-6-12-31)40(46-29-38)35-14-8-22-43-26-35/h1-29H/b17-15+,18-16+. The van der Waals surface area contributed by atoms with E-state index in [-0.39, 0.29) is 0 Å². The molecule has 0 aliphatic heterocycles. The van der Waals surface area contributed by atoms with Crippen molar-refractivity contribution in [2.45, 2.75) is 0 Å². The fourth-order valence-electron chi connectivity index (χ4n) is 5.24.